The lowest BCUT2D eigenvalue weighted by atomic mass is 10.0. The molecule has 7 N–H and O–H groups in total. The third-order valence-electron chi connectivity index (χ3n) is 9.33. The van der Waals surface area contributed by atoms with Crippen LogP contribution in [-0.2, 0) is 0 Å². The second kappa shape index (κ2) is 13.4. The molecule has 2 aromatic carbocycles. The first-order chi connectivity index (χ1) is 21.7. The van der Waals surface area contributed by atoms with E-state index in [-0.39, 0.29) is 46.4 Å². The van der Waals surface area contributed by atoms with Crippen molar-refractivity contribution in [3.8, 4) is 0 Å². The van der Waals surface area contributed by atoms with Crippen LogP contribution in [0.4, 0.5) is 22.7 Å². The quantitative estimate of drug-likeness (QED) is 0.163. The van der Waals surface area contributed by atoms with Gasteiger partial charge in [-0.25, -0.2) is 0 Å². The number of hydrogen-bond donors (Lipinski definition) is 4. The number of anilines is 3. The standard InChI is InChI=1S/C15H18N4O4.C15H20N4O2.CH4O/c1-8-12-10(7-11(13(8)16)19(22)23)14(20)18(15(12)21)9-3-5-17(2)6-4-9;1-8-12-10(7-11(16)13(8)17)14(20)19(15(12)21)9-3-5-18(2)6-4-9;1-2/h7,9H,3-6,16H2,1-2H3;7,9H,3-6,16-17H2,1-2H3;2H,1H3. The summed E-state index contributed by atoms with van der Waals surface area (Å²) in [5.41, 5.74) is 19.9. The number of benzene rings is 2. The number of nitrogen functional groups attached to an aromatic ring is 3. The highest BCUT2D eigenvalue weighted by Gasteiger charge is 2.44. The Labute approximate surface area is 267 Å². The summed E-state index contributed by atoms with van der Waals surface area (Å²) in [5, 5.41) is 18.1. The highest BCUT2D eigenvalue weighted by Crippen LogP contribution is 2.38. The van der Waals surface area contributed by atoms with Crippen molar-refractivity contribution in [1.29, 1.82) is 0 Å². The van der Waals surface area contributed by atoms with Crippen LogP contribution in [0.1, 0.15) is 78.2 Å². The molecule has 46 heavy (non-hydrogen) atoms. The number of aliphatic hydroxyl groups is 1. The zero-order valence-electron chi connectivity index (χ0n) is 26.8. The molecular weight excluding hydrogens is 596 g/mol. The molecule has 0 spiro atoms. The predicted molar refractivity (Wildman–Crippen MR) is 172 cm³/mol. The van der Waals surface area contributed by atoms with Gasteiger partial charge in [0.1, 0.15) is 5.69 Å². The lowest BCUT2D eigenvalue weighted by molar-refractivity contribution is -0.384. The number of likely N-dealkylation sites (tertiary alicyclic amines) is 2. The van der Waals surface area contributed by atoms with Crippen LogP contribution in [0.15, 0.2) is 12.1 Å². The molecule has 248 valence electrons. The van der Waals surface area contributed by atoms with Crippen LogP contribution in [-0.4, -0.2) is 113 Å². The maximum Gasteiger partial charge on any atom is 0.293 e. The van der Waals surface area contributed by atoms with Crippen molar-refractivity contribution in [2.45, 2.75) is 51.6 Å². The topological polar surface area (TPSA) is 223 Å². The molecule has 2 saturated heterocycles. The fourth-order valence-electron chi connectivity index (χ4n) is 6.57. The van der Waals surface area contributed by atoms with Gasteiger partial charge in [-0.05, 0) is 97.0 Å². The van der Waals surface area contributed by atoms with Gasteiger partial charge in [-0.3, -0.25) is 39.1 Å². The second-order valence-electron chi connectivity index (χ2n) is 12.1. The molecule has 2 fully saturated rings. The van der Waals surface area contributed by atoms with Crippen LogP contribution >= 0.6 is 0 Å². The molecule has 0 aromatic heterocycles. The van der Waals surface area contributed by atoms with E-state index in [4.69, 9.17) is 22.3 Å². The average Bonchev–Trinajstić information content (AvgIpc) is 3.43. The maximum atomic E-state index is 12.7. The SMILES string of the molecule is CO.Cc1c(N)c(N)cc2c1C(=O)N(C1CCN(C)CC1)C2=O.Cc1c(N)c([N+](=O)[O-])cc2c1C(=O)N(C1CCN(C)CC1)C2=O. The Hall–Kier alpha value is -4.60. The molecule has 4 aliphatic heterocycles. The minimum atomic E-state index is -0.626. The summed E-state index contributed by atoms with van der Waals surface area (Å²) in [6.07, 6.45) is 3.04. The number of hydrogen-bond acceptors (Lipinski definition) is 12. The van der Waals surface area contributed by atoms with Crippen LogP contribution < -0.4 is 17.2 Å². The van der Waals surface area contributed by atoms with E-state index in [9.17, 15) is 29.3 Å². The van der Waals surface area contributed by atoms with Crippen LogP contribution in [0, 0.1) is 24.0 Å². The van der Waals surface area contributed by atoms with Crippen molar-refractivity contribution >= 4 is 46.4 Å². The van der Waals surface area contributed by atoms with E-state index in [2.05, 4.69) is 9.80 Å². The van der Waals surface area contributed by atoms with E-state index in [0.717, 1.165) is 52.2 Å². The number of imide groups is 2. The Bertz CT molecular complexity index is 1590. The van der Waals surface area contributed by atoms with Gasteiger partial charge in [0.15, 0.2) is 0 Å². The molecule has 0 unspecified atom stereocenters. The smallest absolute Gasteiger partial charge is 0.293 e. The van der Waals surface area contributed by atoms with E-state index >= 15 is 0 Å². The number of amides is 4. The second-order valence-corrected chi connectivity index (χ2v) is 12.1. The number of piperidine rings is 2. The number of nitrogens with two attached hydrogens (primary N) is 3. The largest absolute Gasteiger partial charge is 0.400 e. The summed E-state index contributed by atoms with van der Waals surface area (Å²) in [7, 11) is 5.04. The molecule has 0 saturated carbocycles. The van der Waals surface area contributed by atoms with E-state index < -0.39 is 16.7 Å². The van der Waals surface area contributed by atoms with Gasteiger partial charge >= 0.3 is 0 Å². The average molecular weight is 639 g/mol. The molecule has 4 aliphatic rings. The van der Waals surface area contributed by atoms with Crippen LogP contribution in [0.5, 0.6) is 0 Å². The zero-order chi connectivity index (χ0) is 34.2. The van der Waals surface area contributed by atoms with Gasteiger partial charge in [-0.15, -0.1) is 0 Å². The minimum absolute atomic E-state index is 0.0320. The molecule has 15 nitrogen and oxygen atoms in total. The van der Waals surface area contributed by atoms with E-state index in [1.54, 1.807) is 13.8 Å². The van der Waals surface area contributed by atoms with Gasteiger partial charge in [0.2, 0.25) is 0 Å². The lowest BCUT2D eigenvalue weighted by Gasteiger charge is -2.33. The monoisotopic (exact) mass is 638 g/mol. The molecule has 0 radical (unpaired) electrons. The third-order valence-corrected chi connectivity index (χ3v) is 9.33. The fourth-order valence-corrected chi connectivity index (χ4v) is 6.57. The van der Waals surface area contributed by atoms with Gasteiger partial charge in [-0.1, -0.05) is 0 Å². The summed E-state index contributed by atoms with van der Waals surface area (Å²) in [4.78, 5) is 68.1. The van der Waals surface area contributed by atoms with E-state index in [1.165, 1.54) is 15.9 Å². The number of nitrogens with zero attached hydrogens (tertiary/aromatic N) is 5. The number of rotatable bonds is 3. The van der Waals surface area contributed by atoms with E-state index in [1.807, 2.05) is 14.1 Å². The van der Waals surface area contributed by atoms with Crippen molar-refractivity contribution in [2.24, 2.45) is 0 Å². The summed E-state index contributed by atoms with van der Waals surface area (Å²) in [6.45, 7) is 6.68. The first-order valence-electron chi connectivity index (χ1n) is 15.1. The van der Waals surface area contributed by atoms with Gasteiger partial charge < -0.3 is 32.1 Å². The van der Waals surface area contributed by atoms with Crippen LogP contribution in [0.3, 0.4) is 0 Å². The molecule has 6 rings (SSSR count). The Morgan fingerprint density at radius 1 is 0.696 bits per heavy atom. The van der Waals surface area contributed by atoms with Gasteiger partial charge in [0, 0.05) is 25.3 Å². The molecule has 2 aromatic rings. The van der Waals surface area contributed by atoms with Crippen LogP contribution in [0.2, 0.25) is 0 Å². The van der Waals surface area contributed by atoms with Gasteiger partial charge in [-0.2, -0.15) is 0 Å². The number of aliphatic hydroxyl groups excluding tert-OH is 1. The van der Waals surface area contributed by atoms with Crippen molar-refractivity contribution in [3.05, 3.63) is 55.6 Å². The number of nitro benzene ring substituents is 1. The molecular formula is C31H42N8O7. The normalized spacial score (nSPS) is 19.0. The summed E-state index contributed by atoms with van der Waals surface area (Å²) >= 11 is 0. The molecule has 15 heteroatoms. The third kappa shape index (κ3) is 5.88. The minimum Gasteiger partial charge on any atom is -0.400 e. The number of nitro groups is 1. The maximum absolute atomic E-state index is 12.7. The lowest BCUT2D eigenvalue weighted by Crippen LogP contribution is -2.46. The number of carbonyl (C=O) groups is 4. The Morgan fingerprint density at radius 2 is 1.07 bits per heavy atom. The molecule has 0 bridgehead atoms. The first-order valence-corrected chi connectivity index (χ1v) is 15.1. The summed E-state index contributed by atoms with van der Waals surface area (Å²) in [6, 6.07) is 2.47. The van der Waals surface area contributed by atoms with Crippen LogP contribution in [0.25, 0.3) is 0 Å². The van der Waals surface area contributed by atoms with Crippen molar-refractivity contribution in [1.82, 2.24) is 19.6 Å². The molecule has 0 atom stereocenters. The first kappa shape index (κ1) is 34.3. The van der Waals surface area contributed by atoms with Gasteiger partial charge in [0.05, 0.1) is 38.6 Å². The Kier molecular flexibility index (Phi) is 9.99. The highest BCUT2D eigenvalue weighted by atomic mass is 16.6. The van der Waals surface area contributed by atoms with Crippen molar-refractivity contribution in [3.63, 3.8) is 0 Å². The molecule has 0 aliphatic carbocycles. The van der Waals surface area contributed by atoms with E-state index in [0.29, 0.717) is 46.5 Å². The highest BCUT2D eigenvalue weighted by molar-refractivity contribution is 6.24. The van der Waals surface area contributed by atoms with Crippen molar-refractivity contribution < 1.29 is 29.2 Å². The molecule has 4 amide bonds. The predicted octanol–water partition coefficient (Wildman–Crippen LogP) is 1.63. The van der Waals surface area contributed by atoms with Crippen molar-refractivity contribution in [2.75, 3.05) is 64.6 Å². The number of fused-ring (bicyclic) bond motifs is 2. The molecule has 4 heterocycles. The zero-order valence-corrected chi connectivity index (χ0v) is 26.8. The number of carbonyl (C=O) groups excluding carboxylic acids is 4. The van der Waals surface area contributed by atoms with Gasteiger partial charge in [0.25, 0.3) is 29.3 Å². The summed E-state index contributed by atoms with van der Waals surface area (Å²) < 4.78 is 0. The Morgan fingerprint density at radius 3 is 1.46 bits per heavy atom. The Balaban J connectivity index is 0.000000199. The fraction of sp³-hybridized carbons (Fsp3) is 0.484. The summed E-state index contributed by atoms with van der Waals surface area (Å²) in [5.74, 6) is -1.31.